The van der Waals surface area contributed by atoms with Crippen LogP contribution in [-0.2, 0) is 22.6 Å². The number of anilines is 1. The summed E-state index contributed by atoms with van der Waals surface area (Å²) in [5, 5.41) is 11.8. The second-order valence-electron chi connectivity index (χ2n) is 6.44. The van der Waals surface area contributed by atoms with E-state index in [1.165, 1.54) is 11.8 Å². The van der Waals surface area contributed by atoms with Gasteiger partial charge in [-0.15, -0.1) is 10.2 Å². The molecule has 0 aliphatic heterocycles. The third-order valence-corrected chi connectivity index (χ3v) is 4.59. The number of rotatable bonds is 10. The summed E-state index contributed by atoms with van der Waals surface area (Å²) in [6, 6.07) is 7.18. The molecule has 0 saturated heterocycles. The monoisotopic (exact) mass is 391 g/mol. The van der Waals surface area contributed by atoms with Gasteiger partial charge in [0.2, 0.25) is 11.8 Å². The molecule has 0 bridgehead atoms. The normalized spacial score (nSPS) is 10.8. The highest BCUT2D eigenvalue weighted by Crippen LogP contribution is 2.21. The fourth-order valence-electron chi connectivity index (χ4n) is 2.42. The SMILES string of the molecule is COc1cccc(NC(=O)CSc2nnc(CCC(N)=O)n2CC(C)C)c1. The molecule has 0 saturated carbocycles. The summed E-state index contributed by atoms with van der Waals surface area (Å²) in [6.45, 7) is 4.88. The lowest BCUT2D eigenvalue weighted by Crippen LogP contribution is -2.16. The Morgan fingerprint density at radius 2 is 2.11 bits per heavy atom. The third-order valence-electron chi connectivity index (χ3n) is 3.62. The Morgan fingerprint density at radius 1 is 1.33 bits per heavy atom. The Labute approximate surface area is 162 Å². The smallest absolute Gasteiger partial charge is 0.234 e. The Bertz CT molecular complexity index is 791. The second-order valence-corrected chi connectivity index (χ2v) is 7.38. The fourth-order valence-corrected chi connectivity index (χ4v) is 3.19. The molecule has 1 aromatic heterocycles. The number of amides is 2. The first kappa shape index (κ1) is 20.8. The molecule has 9 heteroatoms. The van der Waals surface area contributed by atoms with Gasteiger partial charge >= 0.3 is 0 Å². The molecular weight excluding hydrogens is 366 g/mol. The van der Waals surface area contributed by atoms with Crippen LogP contribution >= 0.6 is 11.8 Å². The minimum Gasteiger partial charge on any atom is -0.497 e. The van der Waals surface area contributed by atoms with E-state index in [2.05, 4.69) is 29.4 Å². The number of carbonyl (C=O) groups is 2. The van der Waals surface area contributed by atoms with Crippen molar-refractivity contribution in [3.8, 4) is 5.75 Å². The summed E-state index contributed by atoms with van der Waals surface area (Å²) in [6.07, 6.45) is 0.656. The molecule has 2 rings (SSSR count). The van der Waals surface area contributed by atoms with Gasteiger partial charge in [-0.25, -0.2) is 0 Å². The second kappa shape index (κ2) is 9.96. The van der Waals surface area contributed by atoms with Crippen LogP contribution < -0.4 is 15.8 Å². The van der Waals surface area contributed by atoms with Crippen LogP contribution in [0, 0.1) is 5.92 Å². The van der Waals surface area contributed by atoms with Crippen LogP contribution in [0.15, 0.2) is 29.4 Å². The largest absolute Gasteiger partial charge is 0.497 e. The summed E-state index contributed by atoms with van der Waals surface area (Å²) >= 11 is 1.31. The molecule has 0 radical (unpaired) electrons. The number of nitrogens with one attached hydrogen (secondary N) is 1. The van der Waals surface area contributed by atoms with Gasteiger partial charge in [0.05, 0.1) is 12.9 Å². The quantitative estimate of drug-likeness (QED) is 0.600. The van der Waals surface area contributed by atoms with E-state index in [-0.39, 0.29) is 24.0 Å². The lowest BCUT2D eigenvalue weighted by molar-refractivity contribution is -0.118. The molecule has 146 valence electrons. The van der Waals surface area contributed by atoms with Gasteiger partial charge in [-0.1, -0.05) is 31.7 Å². The minimum absolute atomic E-state index is 0.147. The average molecular weight is 391 g/mol. The summed E-state index contributed by atoms with van der Waals surface area (Å²) in [5.41, 5.74) is 5.90. The van der Waals surface area contributed by atoms with Gasteiger partial charge in [0.25, 0.3) is 0 Å². The van der Waals surface area contributed by atoms with Crippen LogP contribution in [0.2, 0.25) is 0 Å². The van der Waals surface area contributed by atoms with Crippen molar-refractivity contribution in [1.29, 1.82) is 0 Å². The molecule has 27 heavy (non-hydrogen) atoms. The average Bonchev–Trinajstić information content (AvgIpc) is 2.99. The maximum absolute atomic E-state index is 12.2. The van der Waals surface area contributed by atoms with E-state index in [1.54, 1.807) is 19.2 Å². The number of ether oxygens (including phenoxy) is 1. The van der Waals surface area contributed by atoms with Crippen molar-refractivity contribution < 1.29 is 14.3 Å². The van der Waals surface area contributed by atoms with Crippen LogP contribution in [0.1, 0.15) is 26.1 Å². The first-order valence-corrected chi connectivity index (χ1v) is 9.64. The lowest BCUT2D eigenvalue weighted by Gasteiger charge is -2.12. The van der Waals surface area contributed by atoms with Gasteiger partial charge in [0.15, 0.2) is 5.16 Å². The summed E-state index contributed by atoms with van der Waals surface area (Å²) in [5.74, 6) is 1.43. The van der Waals surface area contributed by atoms with Gasteiger partial charge in [-0.3, -0.25) is 9.59 Å². The molecule has 1 aromatic carbocycles. The van der Waals surface area contributed by atoms with Crippen LogP contribution in [-0.4, -0.2) is 39.4 Å². The van der Waals surface area contributed by atoms with Gasteiger partial charge in [-0.05, 0) is 18.1 Å². The zero-order valence-corrected chi connectivity index (χ0v) is 16.6. The van der Waals surface area contributed by atoms with Crippen LogP contribution in [0.3, 0.4) is 0 Å². The zero-order valence-electron chi connectivity index (χ0n) is 15.8. The maximum atomic E-state index is 12.2. The Hall–Kier alpha value is -2.55. The Kier molecular flexibility index (Phi) is 7.66. The molecule has 3 N–H and O–H groups in total. The van der Waals surface area contributed by atoms with Crippen molar-refractivity contribution in [3.63, 3.8) is 0 Å². The lowest BCUT2D eigenvalue weighted by atomic mass is 10.2. The number of methoxy groups -OCH3 is 1. The molecule has 0 aliphatic rings. The number of benzene rings is 1. The number of hydrogen-bond acceptors (Lipinski definition) is 6. The van der Waals surface area contributed by atoms with E-state index in [1.807, 2.05) is 16.7 Å². The molecule has 0 atom stereocenters. The van der Waals surface area contributed by atoms with E-state index in [4.69, 9.17) is 10.5 Å². The summed E-state index contributed by atoms with van der Waals surface area (Å²) in [4.78, 5) is 23.3. The highest BCUT2D eigenvalue weighted by Gasteiger charge is 2.16. The maximum Gasteiger partial charge on any atom is 0.234 e. The van der Waals surface area contributed by atoms with Gasteiger partial charge in [0.1, 0.15) is 11.6 Å². The number of hydrogen-bond donors (Lipinski definition) is 2. The molecular formula is C18H25N5O3S. The molecule has 2 aromatic rings. The molecule has 0 fully saturated rings. The number of aromatic nitrogens is 3. The predicted molar refractivity (Wildman–Crippen MR) is 105 cm³/mol. The van der Waals surface area contributed by atoms with Gasteiger partial charge in [-0.2, -0.15) is 0 Å². The van der Waals surface area contributed by atoms with E-state index in [0.29, 0.717) is 41.3 Å². The third kappa shape index (κ3) is 6.59. The highest BCUT2D eigenvalue weighted by atomic mass is 32.2. The number of nitrogens with zero attached hydrogens (tertiary/aromatic N) is 3. The molecule has 8 nitrogen and oxygen atoms in total. The van der Waals surface area contributed by atoms with Crippen molar-refractivity contribution in [1.82, 2.24) is 14.8 Å². The van der Waals surface area contributed by atoms with Crippen molar-refractivity contribution in [2.45, 2.75) is 38.4 Å². The highest BCUT2D eigenvalue weighted by molar-refractivity contribution is 7.99. The van der Waals surface area contributed by atoms with Gasteiger partial charge < -0.3 is 20.4 Å². The van der Waals surface area contributed by atoms with E-state index in [9.17, 15) is 9.59 Å². The molecule has 0 unspecified atom stereocenters. The van der Waals surface area contributed by atoms with Crippen molar-refractivity contribution >= 4 is 29.3 Å². The zero-order chi connectivity index (χ0) is 19.8. The summed E-state index contributed by atoms with van der Waals surface area (Å²) < 4.78 is 7.11. The number of aryl methyl sites for hydroxylation is 1. The number of primary amides is 1. The topological polar surface area (TPSA) is 112 Å². The van der Waals surface area contributed by atoms with Crippen LogP contribution in [0.25, 0.3) is 0 Å². The molecule has 2 amide bonds. The van der Waals surface area contributed by atoms with Crippen molar-refractivity contribution in [2.24, 2.45) is 11.7 Å². The molecule has 0 aliphatic carbocycles. The van der Waals surface area contributed by atoms with Crippen molar-refractivity contribution in [3.05, 3.63) is 30.1 Å². The molecule has 1 heterocycles. The predicted octanol–water partition coefficient (Wildman–Crippen LogP) is 2.09. The van der Waals surface area contributed by atoms with Crippen LogP contribution in [0.5, 0.6) is 5.75 Å². The van der Waals surface area contributed by atoms with E-state index in [0.717, 1.165) is 0 Å². The van der Waals surface area contributed by atoms with Crippen LogP contribution in [0.4, 0.5) is 5.69 Å². The summed E-state index contributed by atoms with van der Waals surface area (Å²) in [7, 11) is 1.58. The first-order chi connectivity index (χ1) is 12.9. The molecule has 0 spiro atoms. The number of carbonyl (C=O) groups excluding carboxylic acids is 2. The van der Waals surface area contributed by atoms with Crippen molar-refractivity contribution in [2.75, 3.05) is 18.2 Å². The number of nitrogens with two attached hydrogens (primary N) is 1. The van der Waals surface area contributed by atoms with E-state index < -0.39 is 0 Å². The minimum atomic E-state index is -0.374. The van der Waals surface area contributed by atoms with Gasteiger partial charge in [0, 0.05) is 31.1 Å². The number of thioether (sulfide) groups is 1. The fraction of sp³-hybridized carbons (Fsp3) is 0.444. The standard InChI is InChI=1S/C18H25N5O3S/c1-12(2)10-23-16(8-7-15(19)24)21-22-18(23)27-11-17(25)20-13-5-4-6-14(9-13)26-3/h4-6,9,12H,7-8,10-11H2,1-3H3,(H2,19,24)(H,20,25). The van der Waals surface area contributed by atoms with E-state index >= 15 is 0 Å². The Balaban J connectivity index is 2.00. The first-order valence-electron chi connectivity index (χ1n) is 8.66. The Morgan fingerprint density at radius 3 is 2.78 bits per heavy atom.